The first-order valence-corrected chi connectivity index (χ1v) is 5.85. The third-order valence-electron chi connectivity index (χ3n) is 2.88. The van der Waals surface area contributed by atoms with Crippen LogP contribution in [0.15, 0.2) is 29.2 Å². The van der Waals surface area contributed by atoms with Gasteiger partial charge in [-0.1, -0.05) is 13.8 Å². The highest BCUT2D eigenvalue weighted by atomic mass is 19.3. The van der Waals surface area contributed by atoms with Crippen LogP contribution in [-0.4, -0.2) is 15.8 Å². The molecule has 19 heavy (non-hydrogen) atoms. The average molecular weight is 270 g/mol. The molecule has 0 N–H and O–H groups in total. The van der Waals surface area contributed by atoms with Crippen LogP contribution >= 0.6 is 0 Å². The van der Waals surface area contributed by atoms with Crippen LogP contribution in [0.5, 0.6) is 0 Å². The molecule has 0 fully saturated rings. The second kappa shape index (κ2) is 5.03. The topological polar surface area (TPSA) is 34.4 Å². The zero-order valence-electron chi connectivity index (χ0n) is 10.5. The van der Waals surface area contributed by atoms with E-state index in [2.05, 4.69) is 4.98 Å². The number of nitrogens with zero attached hydrogens (tertiary/aromatic N) is 2. The predicted octanol–water partition coefficient (Wildman–Crippen LogP) is 3.09. The average Bonchev–Trinajstić information content (AvgIpc) is 2.36. The summed E-state index contributed by atoms with van der Waals surface area (Å²) in [5.41, 5.74) is -0.0204. The summed E-state index contributed by atoms with van der Waals surface area (Å²) in [5, 5.41) is 0. The maximum absolute atomic E-state index is 13.3. The van der Waals surface area contributed by atoms with Crippen molar-refractivity contribution in [1.29, 1.82) is 0 Å². The van der Waals surface area contributed by atoms with Gasteiger partial charge >= 0.3 is 0 Å². The van der Waals surface area contributed by atoms with Crippen LogP contribution in [0.3, 0.4) is 0 Å². The molecule has 2 heterocycles. The van der Waals surface area contributed by atoms with E-state index in [0.29, 0.717) is 0 Å². The van der Waals surface area contributed by atoms with Gasteiger partial charge in [-0.15, -0.1) is 0 Å². The monoisotopic (exact) mass is 270 g/mol. The molecular weight excluding hydrogens is 257 g/mol. The SMILES string of the molecule is CC(C)c1ccn2c(=O)cc(C(F)C(F)F)nc2c1. The Morgan fingerprint density at radius 3 is 2.47 bits per heavy atom. The van der Waals surface area contributed by atoms with Gasteiger partial charge in [0.05, 0.1) is 5.69 Å². The lowest BCUT2D eigenvalue weighted by atomic mass is 10.1. The molecular formula is C13H13F3N2O. The Kier molecular flexibility index (Phi) is 3.59. The highest BCUT2D eigenvalue weighted by Gasteiger charge is 2.24. The summed E-state index contributed by atoms with van der Waals surface area (Å²) in [6.07, 6.45) is -4.22. The molecule has 0 saturated carbocycles. The van der Waals surface area contributed by atoms with Gasteiger partial charge in [-0.05, 0) is 23.6 Å². The molecule has 102 valence electrons. The van der Waals surface area contributed by atoms with E-state index < -0.39 is 23.9 Å². The number of hydrogen-bond donors (Lipinski definition) is 0. The maximum Gasteiger partial charge on any atom is 0.275 e. The molecule has 0 bridgehead atoms. The molecule has 0 aliphatic rings. The molecule has 0 saturated heterocycles. The third-order valence-corrected chi connectivity index (χ3v) is 2.88. The van der Waals surface area contributed by atoms with E-state index in [4.69, 9.17) is 0 Å². The van der Waals surface area contributed by atoms with Gasteiger partial charge in [-0.2, -0.15) is 0 Å². The van der Waals surface area contributed by atoms with Crippen molar-refractivity contribution in [2.24, 2.45) is 0 Å². The van der Waals surface area contributed by atoms with Gasteiger partial charge in [-0.3, -0.25) is 9.20 Å². The summed E-state index contributed by atoms with van der Waals surface area (Å²) in [5.74, 6) is 0.196. The van der Waals surface area contributed by atoms with E-state index in [1.807, 2.05) is 13.8 Å². The summed E-state index contributed by atoms with van der Waals surface area (Å²) >= 11 is 0. The van der Waals surface area contributed by atoms with Crippen molar-refractivity contribution in [2.75, 3.05) is 0 Å². The molecule has 0 radical (unpaired) electrons. The molecule has 0 spiro atoms. The van der Waals surface area contributed by atoms with Crippen molar-refractivity contribution in [1.82, 2.24) is 9.38 Å². The molecule has 0 aliphatic heterocycles. The van der Waals surface area contributed by atoms with Crippen LogP contribution in [0.4, 0.5) is 13.2 Å². The lowest BCUT2D eigenvalue weighted by molar-refractivity contribution is 0.0473. The molecule has 2 aromatic heterocycles. The molecule has 2 aromatic rings. The highest BCUT2D eigenvalue weighted by Crippen LogP contribution is 2.23. The van der Waals surface area contributed by atoms with Crippen LogP contribution in [0.2, 0.25) is 0 Å². The quantitative estimate of drug-likeness (QED) is 0.859. The fourth-order valence-electron chi connectivity index (χ4n) is 1.77. The second-order valence-corrected chi connectivity index (χ2v) is 4.60. The van der Waals surface area contributed by atoms with Crippen LogP contribution in [-0.2, 0) is 0 Å². The highest BCUT2D eigenvalue weighted by molar-refractivity contribution is 5.43. The summed E-state index contributed by atoms with van der Waals surface area (Å²) in [7, 11) is 0. The Labute approximate surface area is 107 Å². The number of aromatic nitrogens is 2. The summed E-state index contributed by atoms with van der Waals surface area (Å²) in [4.78, 5) is 15.5. The first kappa shape index (κ1) is 13.6. The van der Waals surface area contributed by atoms with Crippen molar-refractivity contribution < 1.29 is 13.2 Å². The van der Waals surface area contributed by atoms with E-state index in [-0.39, 0.29) is 11.6 Å². The lowest BCUT2D eigenvalue weighted by Gasteiger charge is -2.10. The smallest absolute Gasteiger partial charge is 0.269 e. The first-order valence-electron chi connectivity index (χ1n) is 5.85. The van der Waals surface area contributed by atoms with Crippen LogP contribution in [0.25, 0.3) is 5.65 Å². The number of fused-ring (bicyclic) bond motifs is 1. The molecule has 2 rings (SSSR count). The minimum Gasteiger partial charge on any atom is -0.269 e. The Bertz CT molecular complexity index is 652. The maximum atomic E-state index is 13.3. The van der Waals surface area contributed by atoms with Crippen molar-refractivity contribution in [2.45, 2.75) is 32.4 Å². The van der Waals surface area contributed by atoms with Gasteiger partial charge in [0.25, 0.3) is 12.0 Å². The zero-order valence-corrected chi connectivity index (χ0v) is 10.5. The third kappa shape index (κ3) is 2.62. The van der Waals surface area contributed by atoms with Crippen molar-refractivity contribution in [3.05, 3.63) is 46.0 Å². The van der Waals surface area contributed by atoms with Gasteiger partial charge in [0, 0.05) is 12.3 Å². The number of halogens is 3. The van der Waals surface area contributed by atoms with Crippen molar-refractivity contribution in [3.8, 4) is 0 Å². The van der Waals surface area contributed by atoms with Crippen LogP contribution < -0.4 is 5.56 Å². The number of alkyl halides is 3. The standard InChI is InChI=1S/C13H13F3N2O/c1-7(2)8-3-4-18-10(5-8)17-9(6-11(18)19)12(14)13(15)16/h3-7,12-13H,1-2H3. The second-order valence-electron chi connectivity index (χ2n) is 4.60. The normalized spacial score (nSPS) is 13.4. The number of rotatable bonds is 3. The Morgan fingerprint density at radius 1 is 1.21 bits per heavy atom. The summed E-state index contributed by atoms with van der Waals surface area (Å²) < 4.78 is 39.1. The Morgan fingerprint density at radius 2 is 1.89 bits per heavy atom. The Hall–Kier alpha value is -1.85. The fraction of sp³-hybridized carbons (Fsp3) is 0.385. The molecule has 0 aromatic carbocycles. The number of hydrogen-bond acceptors (Lipinski definition) is 2. The van der Waals surface area contributed by atoms with E-state index in [1.54, 1.807) is 12.1 Å². The van der Waals surface area contributed by atoms with Gasteiger partial charge < -0.3 is 0 Å². The zero-order chi connectivity index (χ0) is 14.2. The minimum absolute atomic E-state index is 0.178. The van der Waals surface area contributed by atoms with Crippen molar-refractivity contribution >= 4 is 5.65 Å². The van der Waals surface area contributed by atoms with E-state index >= 15 is 0 Å². The molecule has 6 heteroatoms. The largest absolute Gasteiger partial charge is 0.275 e. The molecule has 1 unspecified atom stereocenters. The summed E-state index contributed by atoms with van der Waals surface area (Å²) in [6.45, 7) is 3.90. The molecule has 0 aliphatic carbocycles. The van der Waals surface area contributed by atoms with E-state index in [9.17, 15) is 18.0 Å². The predicted molar refractivity (Wildman–Crippen MR) is 65.4 cm³/mol. The van der Waals surface area contributed by atoms with Gasteiger partial charge in [-0.25, -0.2) is 18.2 Å². The summed E-state index contributed by atoms with van der Waals surface area (Å²) in [6, 6.07) is 4.16. The number of pyridine rings is 1. The lowest BCUT2D eigenvalue weighted by Crippen LogP contribution is -2.18. The van der Waals surface area contributed by atoms with E-state index in [1.165, 1.54) is 10.6 Å². The first-order chi connectivity index (χ1) is 8.90. The fourth-order valence-corrected chi connectivity index (χ4v) is 1.77. The van der Waals surface area contributed by atoms with Gasteiger partial charge in [0.15, 0.2) is 0 Å². The van der Waals surface area contributed by atoms with Crippen molar-refractivity contribution in [3.63, 3.8) is 0 Å². The van der Waals surface area contributed by atoms with E-state index in [0.717, 1.165) is 11.6 Å². The molecule has 1 atom stereocenters. The van der Waals surface area contributed by atoms with Gasteiger partial charge in [0.1, 0.15) is 5.65 Å². The van der Waals surface area contributed by atoms with Crippen LogP contribution in [0, 0.1) is 0 Å². The molecule has 3 nitrogen and oxygen atoms in total. The minimum atomic E-state index is -3.19. The van der Waals surface area contributed by atoms with Gasteiger partial charge in [0.2, 0.25) is 6.17 Å². The molecule has 0 amide bonds. The Balaban J connectivity index is 2.62. The van der Waals surface area contributed by atoms with Crippen LogP contribution in [0.1, 0.15) is 37.2 Å².